The lowest BCUT2D eigenvalue weighted by Gasteiger charge is -2.16. The molecule has 0 atom stereocenters. The number of ether oxygens (including phenoxy) is 1. The molecular formula is C15H23NO. The van der Waals surface area contributed by atoms with Crippen LogP contribution in [-0.2, 0) is 12.8 Å². The second-order valence-corrected chi connectivity index (χ2v) is 5.89. The summed E-state index contributed by atoms with van der Waals surface area (Å²) in [6.07, 6.45) is 3.41. The zero-order valence-electron chi connectivity index (χ0n) is 11.4. The summed E-state index contributed by atoms with van der Waals surface area (Å²) >= 11 is 0. The minimum absolute atomic E-state index is 0.0232. The van der Waals surface area contributed by atoms with Crippen LogP contribution in [0.2, 0.25) is 0 Å². The summed E-state index contributed by atoms with van der Waals surface area (Å²) in [6, 6.07) is 6.66. The minimum Gasteiger partial charge on any atom is -0.487 e. The maximum atomic E-state index is 5.88. The zero-order valence-corrected chi connectivity index (χ0v) is 11.4. The van der Waals surface area contributed by atoms with E-state index >= 15 is 0 Å². The molecule has 0 spiro atoms. The van der Waals surface area contributed by atoms with Crippen molar-refractivity contribution in [1.29, 1.82) is 0 Å². The van der Waals surface area contributed by atoms with Gasteiger partial charge in [0.05, 0.1) is 0 Å². The van der Waals surface area contributed by atoms with Crippen molar-refractivity contribution in [2.24, 2.45) is 0 Å². The van der Waals surface area contributed by atoms with Gasteiger partial charge in [0.2, 0.25) is 0 Å². The van der Waals surface area contributed by atoms with Gasteiger partial charge in [0.1, 0.15) is 11.4 Å². The first-order valence-electron chi connectivity index (χ1n) is 6.42. The molecule has 0 bridgehead atoms. The SMILES string of the molecule is CN(C)CCCc1ccc2c(c1)CC(C)(C)O2. The summed E-state index contributed by atoms with van der Waals surface area (Å²) in [5.41, 5.74) is 2.79. The van der Waals surface area contributed by atoms with E-state index in [0.29, 0.717) is 0 Å². The maximum absolute atomic E-state index is 5.88. The van der Waals surface area contributed by atoms with Crippen LogP contribution < -0.4 is 4.74 Å². The molecule has 0 radical (unpaired) electrons. The van der Waals surface area contributed by atoms with Crippen molar-refractivity contribution in [3.05, 3.63) is 29.3 Å². The topological polar surface area (TPSA) is 12.5 Å². The highest BCUT2D eigenvalue weighted by Crippen LogP contribution is 2.35. The van der Waals surface area contributed by atoms with Crippen molar-refractivity contribution in [3.63, 3.8) is 0 Å². The predicted molar refractivity (Wildman–Crippen MR) is 71.7 cm³/mol. The fraction of sp³-hybridized carbons (Fsp3) is 0.600. The number of rotatable bonds is 4. The maximum Gasteiger partial charge on any atom is 0.123 e. The summed E-state index contributed by atoms with van der Waals surface area (Å²) in [4.78, 5) is 2.24. The molecule has 0 unspecified atom stereocenters. The van der Waals surface area contributed by atoms with E-state index in [4.69, 9.17) is 4.74 Å². The highest BCUT2D eigenvalue weighted by atomic mass is 16.5. The van der Waals surface area contributed by atoms with E-state index in [1.165, 1.54) is 17.5 Å². The molecule has 94 valence electrons. The summed E-state index contributed by atoms with van der Waals surface area (Å²) in [5.74, 6) is 1.08. The zero-order chi connectivity index (χ0) is 12.5. The molecule has 0 amide bonds. The van der Waals surface area contributed by atoms with E-state index in [1.807, 2.05) is 0 Å². The second-order valence-electron chi connectivity index (χ2n) is 5.89. The number of aryl methyl sites for hydroxylation is 1. The van der Waals surface area contributed by atoms with Gasteiger partial charge in [-0.25, -0.2) is 0 Å². The van der Waals surface area contributed by atoms with Gasteiger partial charge in [-0.3, -0.25) is 0 Å². The van der Waals surface area contributed by atoms with E-state index in [1.54, 1.807) is 0 Å². The van der Waals surface area contributed by atoms with Gasteiger partial charge in [0.15, 0.2) is 0 Å². The van der Waals surface area contributed by atoms with Crippen molar-refractivity contribution in [3.8, 4) is 5.75 Å². The van der Waals surface area contributed by atoms with Crippen molar-refractivity contribution in [1.82, 2.24) is 4.90 Å². The summed E-state index contributed by atoms with van der Waals surface area (Å²) in [7, 11) is 4.25. The molecule has 0 N–H and O–H groups in total. The van der Waals surface area contributed by atoms with Gasteiger partial charge in [-0.1, -0.05) is 12.1 Å². The molecule has 1 aromatic carbocycles. The average Bonchev–Trinajstić information content (AvgIpc) is 2.50. The van der Waals surface area contributed by atoms with Gasteiger partial charge in [-0.05, 0) is 64.5 Å². The molecule has 1 aliphatic heterocycles. The van der Waals surface area contributed by atoms with E-state index < -0.39 is 0 Å². The van der Waals surface area contributed by atoms with E-state index in [0.717, 1.165) is 25.1 Å². The van der Waals surface area contributed by atoms with Gasteiger partial charge in [0, 0.05) is 6.42 Å². The molecule has 1 heterocycles. The first kappa shape index (κ1) is 12.4. The standard InChI is InChI=1S/C15H23NO/c1-15(2)11-13-10-12(6-5-9-16(3)4)7-8-14(13)17-15/h7-8,10H,5-6,9,11H2,1-4H3. The second kappa shape index (κ2) is 4.69. The molecule has 0 saturated carbocycles. The van der Waals surface area contributed by atoms with Crippen molar-refractivity contribution >= 4 is 0 Å². The van der Waals surface area contributed by atoms with Crippen LogP contribution in [0.15, 0.2) is 18.2 Å². The normalized spacial score (nSPS) is 17.0. The van der Waals surface area contributed by atoms with Crippen LogP contribution in [0.4, 0.5) is 0 Å². The largest absolute Gasteiger partial charge is 0.487 e. The van der Waals surface area contributed by atoms with Crippen molar-refractivity contribution in [2.45, 2.75) is 38.7 Å². The van der Waals surface area contributed by atoms with Crippen LogP contribution in [0.3, 0.4) is 0 Å². The van der Waals surface area contributed by atoms with Crippen LogP contribution in [0.25, 0.3) is 0 Å². The van der Waals surface area contributed by atoms with Crippen molar-refractivity contribution in [2.75, 3.05) is 20.6 Å². The third-order valence-corrected chi connectivity index (χ3v) is 3.20. The molecule has 2 rings (SSSR count). The third kappa shape index (κ3) is 3.22. The monoisotopic (exact) mass is 233 g/mol. The Morgan fingerprint density at radius 3 is 2.76 bits per heavy atom. The van der Waals surface area contributed by atoms with Crippen LogP contribution in [0, 0.1) is 0 Å². The molecule has 17 heavy (non-hydrogen) atoms. The number of fused-ring (bicyclic) bond motifs is 1. The van der Waals surface area contributed by atoms with Gasteiger partial charge in [0.25, 0.3) is 0 Å². The number of benzene rings is 1. The van der Waals surface area contributed by atoms with Crippen LogP contribution in [0.5, 0.6) is 5.75 Å². The lowest BCUT2D eigenvalue weighted by Crippen LogP contribution is -2.24. The smallest absolute Gasteiger partial charge is 0.123 e. The molecule has 1 aliphatic rings. The molecule has 0 saturated heterocycles. The lowest BCUT2D eigenvalue weighted by atomic mass is 9.99. The molecule has 0 fully saturated rings. The highest BCUT2D eigenvalue weighted by molar-refractivity contribution is 5.41. The van der Waals surface area contributed by atoms with Gasteiger partial charge < -0.3 is 9.64 Å². The van der Waals surface area contributed by atoms with Crippen molar-refractivity contribution < 1.29 is 4.74 Å². The summed E-state index contributed by atoms with van der Waals surface area (Å²) in [5, 5.41) is 0. The van der Waals surface area contributed by atoms with Crippen LogP contribution >= 0.6 is 0 Å². The Labute approximate surface area is 105 Å². The fourth-order valence-corrected chi connectivity index (χ4v) is 2.42. The first-order chi connectivity index (χ1) is 7.96. The molecule has 2 heteroatoms. The summed E-state index contributed by atoms with van der Waals surface area (Å²) < 4.78 is 5.88. The Kier molecular flexibility index (Phi) is 3.43. The Bertz CT molecular complexity index is 396. The first-order valence-corrected chi connectivity index (χ1v) is 6.42. The Hall–Kier alpha value is -1.02. The molecular weight excluding hydrogens is 210 g/mol. The third-order valence-electron chi connectivity index (χ3n) is 3.20. The minimum atomic E-state index is -0.0232. The fourth-order valence-electron chi connectivity index (χ4n) is 2.42. The molecule has 0 aromatic heterocycles. The van der Waals surface area contributed by atoms with E-state index in [2.05, 4.69) is 51.0 Å². The number of nitrogens with zero attached hydrogens (tertiary/aromatic N) is 1. The van der Waals surface area contributed by atoms with Gasteiger partial charge >= 0.3 is 0 Å². The average molecular weight is 233 g/mol. The summed E-state index contributed by atoms with van der Waals surface area (Å²) in [6.45, 7) is 5.45. The highest BCUT2D eigenvalue weighted by Gasteiger charge is 2.29. The molecule has 1 aromatic rings. The number of hydrogen-bond donors (Lipinski definition) is 0. The van der Waals surface area contributed by atoms with E-state index in [9.17, 15) is 0 Å². The Morgan fingerprint density at radius 2 is 2.06 bits per heavy atom. The number of hydrogen-bond acceptors (Lipinski definition) is 2. The Balaban J connectivity index is 1.99. The lowest BCUT2D eigenvalue weighted by molar-refractivity contribution is 0.138. The van der Waals surface area contributed by atoms with Crippen LogP contribution in [-0.4, -0.2) is 31.1 Å². The quantitative estimate of drug-likeness (QED) is 0.793. The van der Waals surface area contributed by atoms with Gasteiger partial charge in [-0.2, -0.15) is 0 Å². The molecule has 2 nitrogen and oxygen atoms in total. The van der Waals surface area contributed by atoms with Crippen LogP contribution in [0.1, 0.15) is 31.4 Å². The van der Waals surface area contributed by atoms with E-state index in [-0.39, 0.29) is 5.60 Å². The van der Waals surface area contributed by atoms with Gasteiger partial charge in [-0.15, -0.1) is 0 Å². The predicted octanol–water partition coefficient (Wildman–Crippen LogP) is 2.89. The molecule has 0 aliphatic carbocycles. The Morgan fingerprint density at radius 1 is 1.29 bits per heavy atom.